The lowest BCUT2D eigenvalue weighted by atomic mass is 10.1. The number of carbonyl (C=O) groups is 2. The number of nitro groups is 1. The second-order valence-electron chi connectivity index (χ2n) is 6.40. The topological polar surface area (TPSA) is 101 Å². The first-order valence-electron chi connectivity index (χ1n) is 8.95. The van der Waals surface area contributed by atoms with Crippen molar-refractivity contribution in [2.75, 3.05) is 11.9 Å². The van der Waals surface area contributed by atoms with Crippen LogP contribution < -0.4 is 10.6 Å². The van der Waals surface area contributed by atoms with Crippen molar-refractivity contribution >= 4 is 23.2 Å². The molecule has 0 saturated carbocycles. The zero-order valence-electron chi connectivity index (χ0n) is 15.5. The SMILES string of the molecule is Cc1ccc(C(=O)NCCCCCC(=O)Nc2ccc(F)cc2[N+](=O)[O-])cc1. The number of rotatable bonds is 9. The number of hydrogen-bond donors (Lipinski definition) is 2. The van der Waals surface area contributed by atoms with Gasteiger partial charge in [0.2, 0.25) is 5.91 Å². The van der Waals surface area contributed by atoms with Crippen LogP contribution in [0.4, 0.5) is 15.8 Å². The molecule has 0 aliphatic rings. The lowest BCUT2D eigenvalue weighted by Gasteiger charge is -2.07. The molecule has 8 heteroatoms. The first-order valence-corrected chi connectivity index (χ1v) is 8.95. The summed E-state index contributed by atoms with van der Waals surface area (Å²) < 4.78 is 13.1. The van der Waals surface area contributed by atoms with Gasteiger partial charge in [0.15, 0.2) is 0 Å². The average molecular weight is 387 g/mol. The summed E-state index contributed by atoms with van der Waals surface area (Å²) in [6.45, 7) is 2.45. The van der Waals surface area contributed by atoms with Crippen LogP contribution in [0.25, 0.3) is 0 Å². The largest absolute Gasteiger partial charge is 0.352 e. The molecule has 0 aromatic heterocycles. The lowest BCUT2D eigenvalue weighted by molar-refractivity contribution is -0.384. The molecule has 0 spiro atoms. The van der Waals surface area contributed by atoms with E-state index in [-0.39, 0.29) is 23.9 Å². The number of halogens is 1. The highest BCUT2D eigenvalue weighted by Crippen LogP contribution is 2.25. The Kier molecular flexibility index (Phi) is 7.62. The van der Waals surface area contributed by atoms with Crippen molar-refractivity contribution in [2.24, 2.45) is 0 Å². The van der Waals surface area contributed by atoms with Gasteiger partial charge in [0.1, 0.15) is 11.5 Å². The number of unbranched alkanes of at least 4 members (excludes halogenated alkanes) is 2. The van der Waals surface area contributed by atoms with Crippen molar-refractivity contribution in [3.63, 3.8) is 0 Å². The molecule has 0 saturated heterocycles. The molecule has 0 aliphatic heterocycles. The van der Waals surface area contributed by atoms with Gasteiger partial charge in [-0.2, -0.15) is 0 Å². The van der Waals surface area contributed by atoms with Crippen molar-refractivity contribution in [3.8, 4) is 0 Å². The van der Waals surface area contributed by atoms with E-state index >= 15 is 0 Å². The summed E-state index contributed by atoms with van der Waals surface area (Å²) in [5.41, 5.74) is 1.18. The number of benzene rings is 2. The number of aryl methyl sites for hydroxylation is 1. The molecule has 0 bridgehead atoms. The van der Waals surface area contributed by atoms with Crippen LogP contribution in [0, 0.1) is 22.9 Å². The van der Waals surface area contributed by atoms with E-state index in [2.05, 4.69) is 10.6 Å². The molecule has 0 fully saturated rings. The zero-order chi connectivity index (χ0) is 20.5. The van der Waals surface area contributed by atoms with Gasteiger partial charge in [-0.15, -0.1) is 0 Å². The molecule has 2 amide bonds. The first kappa shape index (κ1) is 21.0. The van der Waals surface area contributed by atoms with Crippen molar-refractivity contribution in [1.82, 2.24) is 5.32 Å². The molecule has 0 heterocycles. The molecular formula is C20H22FN3O4. The number of nitro benzene ring substituents is 1. The summed E-state index contributed by atoms with van der Waals surface area (Å²) in [4.78, 5) is 34.1. The van der Waals surface area contributed by atoms with Crippen LogP contribution >= 0.6 is 0 Å². The van der Waals surface area contributed by atoms with Gasteiger partial charge in [0.25, 0.3) is 11.6 Å². The Morgan fingerprint density at radius 2 is 1.79 bits per heavy atom. The van der Waals surface area contributed by atoms with Crippen molar-refractivity contribution in [1.29, 1.82) is 0 Å². The maximum atomic E-state index is 13.1. The summed E-state index contributed by atoms with van der Waals surface area (Å²) in [7, 11) is 0. The standard InChI is InChI=1S/C20H22FN3O4/c1-14-6-8-15(9-7-14)20(26)22-12-4-2-3-5-19(25)23-17-11-10-16(21)13-18(17)24(27)28/h6-11,13H,2-5,12H2,1H3,(H,22,26)(H,23,25). The second-order valence-corrected chi connectivity index (χ2v) is 6.40. The fourth-order valence-corrected chi connectivity index (χ4v) is 2.57. The number of nitrogens with one attached hydrogen (secondary N) is 2. The molecule has 0 radical (unpaired) electrons. The molecule has 148 valence electrons. The zero-order valence-corrected chi connectivity index (χ0v) is 15.5. The summed E-state index contributed by atoms with van der Waals surface area (Å²) in [6, 6.07) is 10.3. The molecule has 2 aromatic carbocycles. The number of amides is 2. The van der Waals surface area contributed by atoms with Gasteiger partial charge in [-0.05, 0) is 44.0 Å². The molecule has 2 rings (SSSR count). The van der Waals surface area contributed by atoms with Crippen LogP contribution in [0.15, 0.2) is 42.5 Å². The predicted octanol–water partition coefficient (Wildman–Crippen LogP) is 3.97. The van der Waals surface area contributed by atoms with Crippen LogP contribution in [-0.4, -0.2) is 23.3 Å². The molecule has 0 aliphatic carbocycles. The van der Waals surface area contributed by atoms with E-state index in [0.717, 1.165) is 17.7 Å². The quantitative estimate of drug-likeness (QED) is 0.386. The van der Waals surface area contributed by atoms with E-state index in [1.54, 1.807) is 12.1 Å². The maximum absolute atomic E-state index is 13.1. The van der Waals surface area contributed by atoms with Crippen LogP contribution in [0.5, 0.6) is 0 Å². The third-order valence-corrected chi connectivity index (χ3v) is 4.11. The van der Waals surface area contributed by atoms with Gasteiger partial charge < -0.3 is 10.6 Å². The Morgan fingerprint density at radius 1 is 1.07 bits per heavy atom. The monoisotopic (exact) mass is 387 g/mol. The molecule has 0 atom stereocenters. The smallest absolute Gasteiger partial charge is 0.295 e. The third kappa shape index (κ3) is 6.46. The van der Waals surface area contributed by atoms with Crippen molar-refractivity contribution < 1.29 is 18.9 Å². The number of hydrogen-bond acceptors (Lipinski definition) is 4. The highest BCUT2D eigenvalue weighted by Gasteiger charge is 2.16. The highest BCUT2D eigenvalue weighted by molar-refractivity contribution is 5.94. The number of anilines is 1. The van der Waals surface area contributed by atoms with Crippen LogP contribution in [0.3, 0.4) is 0 Å². The van der Waals surface area contributed by atoms with E-state index < -0.39 is 16.4 Å². The molecule has 7 nitrogen and oxygen atoms in total. The molecule has 2 aromatic rings. The van der Waals surface area contributed by atoms with E-state index in [0.29, 0.717) is 31.4 Å². The lowest BCUT2D eigenvalue weighted by Crippen LogP contribution is -2.24. The van der Waals surface area contributed by atoms with Crippen LogP contribution in [-0.2, 0) is 4.79 Å². The number of nitrogens with zero attached hydrogens (tertiary/aromatic N) is 1. The molecule has 0 unspecified atom stereocenters. The highest BCUT2D eigenvalue weighted by atomic mass is 19.1. The summed E-state index contributed by atoms with van der Waals surface area (Å²) >= 11 is 0. The second kappa shape index (κ2) is 10.1. The van der Waals surface area contributed by atoms with Crippen molar-refractivity contribution in [2.45, 2.75) is 32.6 Å². The Balaban J connectivity index is 1.67. The minimum atomic E-state index is -0.741. The predicted molar refractivity (Wildman–Crippen MR) is 104 cm³/mol. The van der Waals surface area contributed by atoms with Crippen LogP contribution in [0.1, 0.15) is 41.6 Å². The summed E-state index contributed by atoms with van der Waals surface area (Å²) in [5.74, 6) is -1.25. The van der Waals surface area contributed by atoms with Gasteiger partial charge in [0, 0.05) is 18.5 Å². The fraction of sp³-hybridized carbons (Fsp3) is 0.300. The Labute approximate surface area is 162 Å². The molecular weight excluding hydrogens is 365 g/mol. The van der Waals surface area contributed by atoms with Gasteiger partial charge in [-0.1, -0.05) is 24.1 Å². The van der Waals surface area contributed by atoms with E-state index in [9.17, 15) is 24.1 Å². The maximum Gasteiger partial charge on any atom is 0.295 e. The van der Waals surface area contributed by atoms with Crippen LogP contribution in [0.2, 0.25) is 0 Å². The number of carbonyl (C=O) groups excluding carboxylic acids is 2. The summed E-state index contributed by atoms with van der Waals surface area (Å²) in [6.07, 6.45) is 2.18. The Hall–Kier alpha value is -3.29. The Morgan fingerprint density at radius 3 is 2.46 bits per heavy atom. The average Bonchev–Trinajstić information content (AvgIpc) is 2.66. The van der Waals surface area contributed by atoms with E-state index in [1.165, 1.54) is 6.07 Å². The molecule has 28 heavy (non-hydrogen) atoms. The van der Waals surface area contributed by atoms with Gasteiger partial charge in [-0.25, -0.2) is 4.39 Å². The summed E-state index contributed by atoms with van der Waals surface area (Å²) in [5, 5.41) is 16.2. The molecule has 2 N–H and O–H groups in total. The minimum Gasteiger partial charge on any atom is -0.352 e. The van der Waals surface area contributed by atoms with E-state index in [4.69, 9.17) is 0 Å². The normalized spacial score (nSPS) is 10.4. The van der Waals surface area contributed by atoms with E-state index in [1.807, 2.05) is 19.1 Å². The third-order valence-electron chi connectivity index (χ3n) is 4.11. The van der Waals surface area contributed by atoms with Gasteiger partial charge in [-0.3, -0.25) is 19.7 Å². The van der Waals surface area contributed by atoms with Crippen molar-refractivity contribution in [3.05, 3.63) is 69.5 Å². The minimum absolute atomic E-state index is 0.0261. The first-order chi connectivity index (χ1) is 13.4. The van der Waals surface area contributed by atoms with Gasteiger partial charge in [0.05, 0.1) is 11.0 Å². The van der Waals surface area contributed by atoms with Gasteiger partial charge >= 0.3 is 0 Å². The fourth-order valence-electron chi connectivity index (χ4n) is 2.57. The Bertz CT molecular complexity index is 853.